The van der Waals surface area contributed by atoms with Crippen LogP contribution in [-0.4, -0.2) is 26.0 Å². The number of rotatable bonds is 5. The van der Waals surface area contributed by atoms with Gasteiger partial charge in [0.05, 0.1) is 5.69 Å². The predicted molar refractivity (Wildman–Crippen MR) is 81.6 cm³/mol. The first-order valence-electron chi connectivity index (χ1n) is 6.62. The number of carbonyl (C=O) groups is 1. The van der Waals surface area contributed by atoms with Crippen LogP contribution in [0, 0.1) is 6.92 Å². The summed E-state index contributed by atoms with van der Waals surface area (Å²) in [5, 5.41) is 9.89. The maximum Gasteiger partial charge on any atom is 0.340 e. The van der Waals surface area contributed by atoms with Crippen LogP contribution in [0.3, 0.4) is 0 Å². The van der Waals surface area contributed by atoms with E-state index in [0.29, 0.717) is 22.3 Å². The summed E-state index contributed by atoms with van der Waals surface area (Å²) >= 11 is 1.41. The lowest BCUT2D eigenvalue weighted by atomic mass is 10.2. The quantitative estimate of drug-likeness (QED) is 0.674. The smallest absolute Gasteiger partial charge is 0.340 e. The summed E-state index contributed by atoms with van der Waals surface area (Å²) < 4.78 is 0. The van der Waals surface area contributed by atoms with E-state index in [2.05, 4.69) is 15.0 Å². The summed E-state index contributed by atoms with van der Waals surface area (Å²) in [5.41, 5.74) is 1.78. The van der Waals surface area contributed by atoms with Gasteiger partial charge in [0.25, 0.3) is 0 Å². The van der Waals surface area contributed by atoms with Crippen molar-refractivity contribution < 1.29 is 9.90 Å². The Balaban J connectivity index is 2.33. The number of nitrogens with zero attached hydrogens (tertiary/aromatic N) is 3. The normalized spacial score (nSPS) is 10.9. The van der Waals surface area contributed by atoms with Crippen molar-refractivity contribution in [1.29, 1.82) is 0 Å². The van der Waals surface area contributed by atoms with Crippen molar-refractivity contribution in [3.8, 4) is 0 Å². The summed E-state index contributed by atoms with van der Waals surface area (Å²) in [5.74, 6) is 0.498. The molecular weight excluding hydrogens is 286 g/mol. The fraction of sp³-hybridized carbons (Fsp3) is 0.333. The van der Waals surface area contributed by atoms with Gasteiger partial charge in [-0.05, 0) is 24.6 Å². The number of aryl methyl sites for hydroxylation is 1. The van der Waals surface area contributed by atoms with Crippen molar-refractivity contribution in [1.82, 2.24) is 15.0 Å². The van der Waals surface area contributed by atoms with E-state index in [9.17, 15) is 9.90 Å². The van der Waals surface area contributed by atoms with Crippen LogP contribution < -0.4 is 0 Å². The van der Waals surface area contributed by atoms with Gasteiger partial charge in [-0.25, -0.2) is 14.8 Å². The van der Waals surface area contributed by atoms with Crippen LogP contribution in [0.5, 0.6) is 0 Å². The first-order chi connectivity index (χ1) is 9.99. The van der Waals surface area contributed by atoms with Crippen LogP contribution in [0.25, 0.3) is 0 Å². The van der Waals surface area contributed by atoms with Gasteiger partial charge in [0.2, 0.25) is 0 Å². The molecule has 21 heavy (non-hydrogen) atoms. The maximum atomic E-state index is 11.4. The van der Waals surface area contributed by atoms with Crippen molar-refractivity contribution in [2.24, 2.45) is 0 Å². The van der Waals surface area contributed by atoms with Crippen LogP contribution in [0.4, 0.5) is 0 Å². The van der Waals surface area contributed by atoms with Crippen LogP contribution in [0.15, 0.2) is 29.6 Å². The fourth-order valence-electron chi connectivity index (χ4n) is 1.81. The number of thioether (sulfide) groups is 1. The molecule has 0 bridgehead atoms. The third-order valence-electron chi connectivity index (χ3n) is 2.93. The van der Waals surface area contributed by atoms with Gasteiger partial charge in [0.1, 0.15) is 16.4 Å². The third kappa shape index (κ3) is 3.78. The van der Waals surface area contributed by atoms with E-state index in [1.165, 1.54) is 11.8 Å². The molecule has 1 N–H and O–H groups in total. The zero-order valence-electron chi connectivity index (χ0n) is 12.2. The average molecular weight is 303 g/mol. The van der Waals surface area contributed by atoms with E-state index in [-0.39, 0.29) is 11.5 Å². The summed E-state index contributed by atoms with van der Waals surface area (Å²) in [7, 11) is 0. The number of pyridine rings is 1. The van der Waals surface area contributed by atoms with E-state index in [1.54, 1.807) is 19.3 Å². The van der Waals surface area contributed by atoms with Gasteiger partial charge >= 0.3 is 5.97 Å². The van der Waals surface area contributed by atoms with Crippen molar-refractivity contribution in [3.63, 3.8) is 0 Å². The highest BCUT2D eigenvalue weighted by Gasteiger charge is 2.19. The van der Waals surface area contributed by atoms with E-state index in [4.69, 9.17) is 0 Å². The highest BCUT2D eigenvalue weighted by molar-refractivity contribution is 7.98. The first-order valence-corrected chi connectivity index (χ1v) is 7.61. The number of hydrogen-bond acceptors (Lipinski definition) is 5. The van der Waals surface area contributed by atoms with Crippen molar-refractivity contribution in [3.05, 3.63) is 47.2 Å². The zero-order chi connectivity index (χ0) is 15.4. The van der Waals surface area contributed by atoms with Crippen molar-refractivity contribution >= 4 is 17.7 Å². The lowest BCUT2D eigenvalue weighted by molar-refractivity contribution is 0.0690. The molecule has 0 aliphatic carbocycles. The van der Waals surface area contributed by atoms with Crippen molar-refractivity contribution in [2.45, 2.75) is 37.5 Å². The van der Waals surface area contributed by atoms with Gasteiger partial charge < -0.3 is 5.11 Å². The van der Waals surface area contributed by atoms with Gasteiger partial charge in [-0.2, -0.15) is 0 Å². The summed E-state index contributed by atoms with van der Waals surface area (Å²) in [4.78, 5) is 24.1. The fourth-order valence-corrected chi connectivity index (χ4v) is 2.84. The van der Waals surface area contributed by atoms with Crippen LogP contribution in [0.1, 0.15) is 47.2 Å². The van der Waals surface area contributed by atoms with E-state index >= 15 is 0 Å². The van der Waals surface area contributed by atoms with Crippen LogP contribution in [-0.2, 0) is 5.75 Å². The number of carboxylic acid groups (broad SMARTS) is 1. The minimum atomic E-state index is -0.986. The Morgan fingerprint density at radius 2 is 1.95 bits per heavy atom. The monoisotopic (exact) mass is 303 g/mol. The minimum absolute atomic E-state index is 0.159. The Morgan fingerprint density at radius 1 is 1.29 bits per heavy atom. The Hall–Kier alpha value is -1.95. The number of hydrogen-bond donors (Lipinski definition) is 1. The molecular formula is C15H17N3O2S. The average Bonchev–Trinajstić information content (AvgIpc) is 2.45. The van der Waals surface area contributed by atoms with Gasteiger partial charge in [-0.3, -0.25) is 4.98 Å². The molecule has 0 aliphatic rings. The second-order valence-electron chi connectivity index (χ2n) is 4.95. The molecule has 110 valence electrons. The first kappa shape index (κ1) is 15.4. The van der Waals surface area contributed by atoms with Crippen molar-refractivity contribution in [2.75, 3.05) is 0 Å². The minimum Gasteiger partial charge on any atom is -0.478 e. The summed E-state index contributed by atoms with van der Waals surface area (Å²) in [6.07, 6.45) is 3.44. The van der Waals surface area contributed by atoms with E-state index in [0.717, 1.165) is 5.56 Å². The molecule has 0 saturated carbocycles. The number of carboxylic acids is 1. The Labute approximate surface area is 127 Å². The standard InChI is InChI=1S/C15H17N3O2S/c1-9(2)13-17-10(3)12(15(19)20)14(18-13)21-8-11-4-6-16-7-5-11/h4-7,9H,8H2,1-3H3,(H,19,20). The Morgan fingerprint density at radius 3 is 2.52 bits per heavy atom. The lowest BCUT2D eigenvalue weighted by Crippen LogP contribution is -2.10. The highest BCUT2D eigenvalue weighted by atomic mass is 32.2. The third-order valence-corrected chi connectivity index (χ3v) is 3.98. The second kappa shape index (κ2) is 6.67. The molecule has 6 heteroatoms. The predicted octanol–water partition coefficient (Wildman–Crippen LogP) is 3.29. The van der Waals surface area contributed by atoms with Gasteiger partial charge in [-0.15, -0.1) is 11.8 Å². The molecule has 0 atom stereocenters. The maximum absolute atomic E-state index is 11.4. The second-order valence-corrected chi connectivity index (χ2v) is 5.92. The molecule has 0 saturated heterocycles. The number of aromatic nitrogens is 3. The summed E-state index contributed by atoms with van der Waals surface area (Å²) in [6.45, 7) is 5.70. The van der Waals surface area contributed by atoms with Crippen LogP contribution in [0.2, 0.25) is 0 Å². The van der Waals surface area contributed by atoms with E-state index < -0.39 is 5.97 Å². The molecule has 2 rings (SSSR count). The van der Waals surface area contributed by atoms with E-state index in [1.807, 2.05) is 26.0 Å². The highest BCUT2D eigenvalue weighted by Crippen LogP contribution is 2.27. The molecule has 2 aromatic rings. The Bertz CT molecular complexity index is 645. The zero-order valence-corrected chi connectivity index (χ0v) is 13.0. The molecule has 0 radical (unpaired) electrons. The lowest BCUT2D eigenvalue weighted by Gasteiger charge is -2.12. The molecule has 0 unspecified atom stereocenters. The Kier molecular flexibility index (Phi) is 4.90. The molecule has 0 aromatic carbocycles. The molecule has 0 fully saturated rings. The summed E-state index contributed by atoms with van der Waals surface area (Å²) in [6, 6.07) is 3.82. The van der Waals surface area contributed by atoms with Gasteiger partial charge in [-0.1, -0.05) is 13.8 Å². The molecule has 0 aliphatic heterocycles. The number of aromatic carboxylic acids is 1. The molecule has 5 nitrogen and oxygen atoms in total. The molecule has 2 heterocycles. The molecule has 0 spiro atoms. The van der Waals surface area contributed by atoms with Crippen LogP contribution >= 0.6 is 11.8 Å². The SMILES string of the molecule is Cc1nc(C(C)C)nc(SCc2ccncc2)c1C(=O)O. The van der Waals surface area contributed by atoms with Gasteiger partial charge in [0.15, 0.2) is 0 Å². The largest absolute Gasteiger partial charge is 0.478 e. The van der Waals surface area contributed by atoms with Gasteiger partial charge in [0, 0.05) is 24.1 Å². The molecule has 0 amide bonds. The molecule has 2 aromatic heterocycles. The topological polar surface area (TPSA) is 76.0 Å².